The SMILES string of the molecule is COC(=O)c1ccc([C@@H]2Nc3c(C(=O)O)cccc3[C@H]3[C@H]4CC[C@H](C4)[C@H]32)cc1. The van der Waals surface area contributed by atoms with Crippen LogP contribution in [0.2, 0.25) is 0 Å². The largest absolute Gasteiger partial charge is 0.478 e. The molecule has 2 aliphatic carbocycles. The normalized spacial score (nSPS) is 29.5. The minimum absolute atomic E-state index is 0.0556. The molecule has 1 aliphatic heterocycles. The van der Waals surface area contributed by atoms with Crippen LogP contribution in [0.4, 0.5) is 5.69 Å². The molecule has 0 unspecified atom stereocenters. The predicted molar refractivity (Wildman–Crippen MR) is 105 cm³/mol. The first kappa shape index (κ1) is 17.3. The molecule has 0 radical (unpaired) electrons. The lowest BCUT2D eigenvalue weighted by molar-refractivity contribution is 0.0599. The number of hydrogen-bond acceptors (Lipinski definition) is 4. The standard InChI is InChI=1S/C23H23NO4/c1-28-23(27)13-7-5-12(6-8-13)20-19-15-10-9-14(11-15)18(19)16-3-2-4-17(22(25)26)21(16)24-20/h2-8,14-15,18-20,24H,9-11H2,1H3,(H,25,26)/t14-,15+,18+,19+,20-/m0/s1. The number of benzene rings is 2. The van der Waals surface area contributed by atoms with Gasteiger partial charge in [-0.3, -0.25) is 0 Å². The number of ether oxygens (including phenoxy) is 1. The van der Waals surface area contributed by atoms with Gasteiger partial charge in [0.1, 0.15) is 0 Å². The number of fused-ring (bicyclic) bond motifs is 7. The summed E-state index contributed by atoms with van der Waals surface area (Å²) in [4.78, 5) is 23.6. The third-order valence-electron chi connectivity index (χ3n) is 7.04. The number of aromatic carboxylic acids is 1. The van der Waals surface area contributed by atoms with E-state index in [0.29, 0.717) is 34.8 Å². The molecule has 2 bridgehead atoms. The highest BCUT2D eigenvalue weighted by atomic mass is 16.5. The van der Waals surface area contributed by atoms with Crippen molar-refractivity contribution in [1.82, 2.24) is 0 Å². The van der Waals surface area contributed by atoms with Crippen LogP contribution < -0.4 is 5.32 Å². The fourth-order valence-corrected chi connectivity index (χ4v) is 5.97. The van der Waals surface area contributed by atoms with Crippen LogP contribution in [0.3, 0.4) is 0 Å². The second-order valence-corrected chi connectivity index (χ2v) is 8.25. The van der Waals surface area contributed by atoms with Crippen molar-refractivity contribution in [2.45, 2.75) is 31.2 Å². The fourth-order valence-electron chi connectivity index (χ4n) is 5.97. The molecule has 5 nitrogen and oxygen atoms in total. The molecule has 0 spiro atoms. The molecule has 0 aromatic heterocycles. The van der Waals surface area contributed by atoms with E-state index in [2.05, 4.69) is 11.4 Å². The molecule has 2 saturated carbocycles. The van der Waals surface area contributed by atoms with Crippen LogP contribution in [0.1, 0.15) is 63.1 Å². The van der Waals surface area contributed by atoms with E-state index >= 15 is 0 Å². The van der Waals surface area contributed by atoms with Crippen molar-refractivity contribution < 1.29 is 19.4 Å². The second-order valence-electron chi connectivity index (χ2n) is 8.25. The highest BCUT2D eigenvalue weighted by Gasteiger charge is 2.54. The summed E-state index contributed by atoms with van der Waals surface area (Å²) in [5, 5.41) is 13.3. The first-order chi connectivity index (χ1) is 13.6. The summed E-state index contributed by atoms with van der Waals surface area (Å²) >= 11 is 0. The number of para-hydroxylation sites is 1. The molecular formula is C23H23NO4. The number of carboxylic acid groups (broad SMARTS) is 1. The number of anilines is 1. The van der Waals surface area contributed by atoms with Crippen LogP contribution in [0, 0.1) is 17.8 Å². The van der Waals surface area contributed by atoms with Gasteiger partial charge >= 0.3 is 11.9 Å². The van der Waals surface area contributed by atoms with Crippen molar-refractivity contribution in [3.8, 4) is 0 Å². The van der Waals surface area contributed by atoms with Gasteiger partial charge in [-0.1, -0.05) is 24.3 Å². The molecule has 2 N–H and O–H groups in total. The molecule has 2 aromatic carbocycles. The zero-order valence-corrected chi connectivity index (χ0v) is 15.7. The maximum absolute atomic E-state index is 11.8. The van der Waals surface area contributed by atoms with Crippen molar-refractivity contribution in [2.24, 2.45) is 17.8 Å². The van der Waals surface area contributed by atoms with E-state index < -0.39 is 5.97 Å². The molecule has 144 valence electrons. The van der Waals surface area contributed by atoms with Gasteiger partial charge in [0.2, 0.25) is 0 Å². The van der Waals surface area contributed by atoms with Gasteiger partial charge in [-0.05, 0) is 72.3 Å². The molecule has 1 heterocycles. The van der Waals surface area contributed by atoms with Crippen LogP contribution in [0.25, 0.3) is 0 Å². The van der Waals surface area contributed by atoms with Gasteiger partial charge < -0.3 is 15.2 Å². The van der Waals surface area contributed by atoms with E-state index in [-0.39, 0.29) is 12.0 Å². The summed E-state index contributed by atoms with van der Waals surface area (Å²) < 4.78 is 4.80. The monoisotopic (exact) mass is 377 g/mol. The lowest BCUT2D eigenvalue weighted by atomic mass is 9.67. The van der Waals surface area contributed by atoms with Gasteiger partial charge in [0.05, 0.1) is 30.0 Å². The van der Waals surface area contributed by atoms with Gasteiger partial charge in [0.25, 0.3) is 0 Å². The predicted octanol–water partition coefficient (Wildman–Crippen LogP) is 4.47. The summed E-state index contributed by atoms with van der Waals surface area (Å²) in [6.07, 6.45) is 3.71. The smallest absolute Gasteiger partial charge is 0.337 e. The molecule has 5 atom stereocenters. The second kappa shape index (κ2) is 6.36. The van der Waals surface area contributed by atoms with Crippen molar-refractivity contribution >= 4 is 17.6 Å². The number of nitrogens with one attached hydrogen (secondary N) is 1. The number of methoxy groups -OCH3 is 1. The highest BCUT2D eigenvalue weighted by Crippen LogP contribution is 2.63. The first-order valence-corrected chi connectivity index (χ1v) is 9.89. The number of carbonyl (C=O) groups is 2. The van der Waals surface area contributed by atoms with E-state index in [1.165, 1.54) is 31.9 Å². The number of carboxylic acids is 1. The quantitative estimate of drug-likeness (QED) is 0.772. The third kappa shape index (κ3) is 2.45. The molecular weight excluding hydrogens is 354 g/mol. The van der Waals surface area contributed by atoms with Crippen molar-refractivity contribution in [3.63, 3.8) is 0 Å². The fraction of sp³-hybridized carbons (Fsp3) is 0.391. The molecule has 0 saturated heterocycles. The zero-order chi connectivity index (χ0) is 19.4. The van der Waals surface area contributed by atoms with Gasteiger partial charge in [-0.25, -0.2) is 9.59 Å². The van der Waals surface area contributed by atoms with E-state index in [9.17, 15) is 14.7 Å². The summed E-state index contributed by atoms with van der Waals surface area (Å²) in [5.74, 6) is 0.912. The Kier molecular flexibility index (Phi) is 3.93. The molecule has 28 heavy (non-hydrogen) atoms. The highest BCUT2D eigenvalue weighted by molar-refractivity contribution is 5.95. The van der Waals surface area contributed by atoms with Crippen molar-refractivity contribution in [1.29, 1.82) is 0 Å². The maximum Gasteiger partial charge on any atom is 0.337 e. The van der Waals surface area contributed by atoms with E-state index in [4.69, 9.17) is 4.74 Å². The summed E-state index contributed by atoms with van der Waals surface area (Å²) in [6, 6.07) is 13.2. The Hall–Kier alpha value is -2.82. The Morgan fingerprint density at radius 1 is 1.07 bits per heavy atom. The minimum Gasteiger partial charge on any atom is -0.478 e. The Labute approximate surface area is 163 Å². The molecule has 5 heteroatoms. The number of rotatable bonds is 3. The van der Waals surface area contributed by atoms with Gasteiger partial charge in [-0.15, -0.1) is 0 Å². The summed E-state index contributed by atoms with van der Waals surface area (Å²) in [5.41, 5.74) is 3.90. The van der Waals surface area contributed by atoms with Gasteiger partial charge in [-0.2, -0.15) is 0 Å². The first-order valence-electron chi connectivity index (χ1n) is 9.89. The average molecular weight is 377 g/mol. The number of hydrogen-bond donors (Lipinski definition) is 2. The lowest BCUT2D eigenvalue weighted by Crippen LogP contribution is -2.36. The van der Waals surface area contributed by atoms with E-state index in [1.807, 2.05) is 18.2 Å². The molecule has 2 aromatic rings. The van der Waals surface area contributed by atoms with Gasteiger partial charge in [0, 0.05) is 0 Å². The third-order valence-corrected chi connectivity index (χ3v) is 7.04. The summed E-state index contributed by atoms with van der Waals surface area (Å²) in [7, 11) is 1.38. The number of carbonyl (C=O) groups excluding carboxylic acids is 1. The van der Waals surface area contributed by atoms with Crippen LogP contribution in [-0.4, -0.2) is 24.2 Å². The Morgan fingerprint density at radius 2 is 1.82 bits per heavy atom. The topological polar surface area (TPSA) is 75.6 Å². The molecule has 3 aliphatic rings. The van der Waals surface area contributed by atoms with E-state index in [1.54, 1.807) is 18.2 Å². The van der Waals surface area contributed by atoms with Crippen LogP contribution >= 0.6 is 0 Å². The minimum atomic E-state index is -0.897. The van der Waals surface area contributed by atoms with E-state index in [0.717, 1.165) is 11.3 Å². The van der Waals surface area contributed by atoms with Crippen LogP contribution in [0.15, 0.2) is 42.5 Å². The van der Waals surface area contributed by atoms with Crippen LogP contribution in [0.5, 0.6) is 0 Å². The van der Waals surface area contributed by atoms with Gasteiger partial charge in [0.15, 0.2) is 0 Å². The Morgan fingerprint density at radius 3 is 2.54 bits per heavy atom. The lowest BCUT2D eigenvalue weighted by Gasteiger charge is -2.44. The average Bonchev–Trinajstić information content (AvgIpc) is 3.35. The molecule has 5 rings (SSSR count). The van der Waals surface area contributed by atoms with Crippen molar-refractivity contribution in [2.75, 3.05) is 12.4 Å². The van der Waals surface area contributed by atoms with Crippen molar-refractivity contribution in [3.05, 3.63) is 64.7 Å². The summed E-state index contributed by atoms with van der Waals surface area (Å²) in [6.45, 7) is 0. The Balaban J connectivity index is 1.59. The number of esters is 1. The Bertz CT molecular complexity index is 952. The molecule has 0 amide bonds. The molecule has 2 fully saturated rings. The zero-order valence-electron chi connectivity index (χ0n) is 15.7. The van der Waals surface area contributed by atoms with Crippen LogP contribution in [-0.2, 0) is 4.74 Å². The maximum atomic E-state index is 11.8.